The molecule has 0 spiro atoms. The number of hydrogen-bond donors (Lipinski definition) is 1. The molecule has 2 heterocycles. The Morgan fingerprint density at radius 2 is 2.38 bits per heavy atom. The third-order valence-electron chi connectivity index (χ3n) is 2.02. The number of aryl methyl sites for hydroxylation is 1. The minimum Gasteiger partial charge on any atom is -0.354 e. The van der Waals surface area contributed by atoms with E-state index >= 15 is 0 Å². The number of nitrogens with two attached hydrogens (primary N) is 1. The van der Waals surface area contributed by atoms with Crippen LogP contribution in [0.4, 0.5) is 0 Å². The lowest BCUT2D eigenvalue weighted by Crippen LogP contribution is -2.04. The van der Waals surface area contributed by atoms with Crippen LogP contribution in [0.1, 0.15) is 11.4 Å². The van der Waals surface area contributed by atoms with E-state index in [1.165, 1.54) is 0 Å². The summed E-state index contributed by atoms with van der Waals surface area (Å²) in [4.78, 5) is 4.20. The molecule has 0 fully saturated rings. The molecule has 68 valence electrons. The van der Waals surface area contributed by atoms with Crippen molar-refractivity contribution in [2.75, 3.05) is 6.54 Å². The second kappa shape index (κ2) is 3.14. The van der Waals surface area contributed by atoms with Gasteiger partial charge in [-0.2, -0.15) is 0 Å². The molecule has 0 saturated carbocycles. The highest BCUT2D eigenvalue weighted by molar-refractivity contribution is 5.80. The predicted molar refractivity (Wildman–Crippen MR) is 49.3 cm³/mol. The number of rotatable bonds is 2. The first kappa shape index (κ1) is 8.19. The number of nitrogens with zero attached hydrogens (tertiary/aromatic N) is 2. The van der Waals surface area contributed by atoms with Crippen molar-refractivity contribution in [3.05, 3.63) is 23.7 Å². The van der Waals surface area contributed by atoms with E-state index < -0.39 is 0 Å². The van der Waals surface area contributed by atoms with Crippen LogP contribution in [0.3, 0.4) is 0 Å². The third-order valence-corrected chi connectivity index (χ3v) is 2.02. The van der Waals surface area contributed by atoms with E-state index in [4.69, 9.17) is 10.3 Å². The Balaban J connectivity index is 2.63. The van der Waals surface area contributed by atoms with Crippen molar-refractivity contribution in [2.45, 2.75) is 13.3 Å². The summed E-state index contributed by atoms with van der Waals surface area (Å²) in [7, 11) is 0. The van der Waals surface area contributed by atoms with E-state index in [0.717, 1.165) is 28.8 Å². The smallest absolute Gasteiger partial charge is 0.188 e. The molecule has 4 heteroatoms. The van der Waals surface area contributed by atoms with Gasteiger partial charge >= 0.3 is 0 Å². The summed E-state index contributed by atoms with van der Waals surface area (Å²) in [5.74, 6) is 0. The largest absolute Gasteiger partial charge is 0.354 e. The fraction of sp³-hybridized carbons (Fsp3) is 0.333. The molecule has 0 aliphatic heterocycles. The van der Waals surface area contributed by atoms with Gasteiger partial charge in [-0.05, 0) is 19.5 Å². The van der Waals surface area contributed by atoms with Gasteiger partial charge in [-0.25, -0.2) is 0 Å². The Labute approximate surface area is 75.7 Å². The van der Waals surface area contributed by atoms with Crippen molar-refractivity contribution in [1.82, 2.24) is 10.1 Å². The topological polar surface area (TPSA) is 64.9 Å². The van der Waals surface area contributed by atoms with Crippen LogP contribution in [-0.2, 0) is 6.42 Å². The highest BCUT2D eigenvalue weighted by Crippen LogP contribution is 2.19. The minimum absolute atomic E-state index is 0.575. The van der Waals surface area contributed by atoms with Crippen LogP contribution >= 0.6 is 0 Å². The lowest BCUT2D eigenvalue weighted by Gasteiger charge is -1.96. The molecule has 2 N–H and O–H groups in total. The van der Waals surface area contributed by atoms with Gasteiger partial charge in [-0.15, -0.1) is 0 Å². The Kier molecular flexibility index (Phi) is 1.98. The van der Waals surface area contributed by atoms with Crippen LogP contribution < -0.4 is 5.73 Å². The van der Waals surface area contributed by atoms with E-state index in [2.05, 4.69) is 10.1 Å². The molecule has 0 unspecified atom stereocenters. The molecule has 13 heavy (non-hydrogen) atoms. The predicted octanol–water partition coefficient (Wildman–Crippen LogP) is 1.03. The number of fused-ring (bicyclic) bond motifs is 1. The van der Waals surface area contributed by atoms with Crippen LogP contribution in [0.5, 0.6) is 0 Å². The molecule has 4 nitrogen and oxygen atoms in total. The summed E-state index contributed by atoms with van der Waals surface area (Å²) in [6, 6.07) is 1.90. The molecule has 0 aliphatic rings. The van der Waals surface area contributed by atoms with Gasteiger partial charge in [0, 0.05) is 18.0 Å². The standard InChI is InChI=1S/C9H11N3O/c1-6-7-3-5-11-8(2-4-10)9(7)13-12-6/h3,5H,2,4,10H2,1H3. The summed E-state index contributed by atoms with van der Waals surface area (Å²) >= 11 is 0. The molecule has 0 bridgehead atoms. The molecule has 2 aromatic heterocycles. The molecule has 0 atom stereocenters. The van der Waals surface area contributed by atoms with E-state index in [1.54, 1.807) is 6.20 Å². The summed E-state index contributed by atoms with van der Waals surface area (Å²) < 4.78 is 5.16. The molecule has 0 aliphatic carbocycles. The van der Waals surface area contributed by atoms with Gasteiger partial charge in [0.2, 0.25) is 0 Å². The lowest BCUT2D eigenvalue weighted by molar-refractivity contribution is 0.447. The molecule has 0 radical (unpaired) electrons. The van der Waals surface area contributed by atoms with Crippen LogP contribution in [0.15, 0.2) is 16.8 Å². The van der Waals surface area contributed by atoms with Gasteiger partial charge in [-0.3, -0.25) is 4.98 Å². The maximum Gasteiger partial charge on any atom is 0.188 e. The van der Waals surface area contributed by atoms with Crippen molar-refractivity contribution >= 4 is 11.0 Å². The second-order valence-electron chi connectivity index (χ2n) is 2.94. The van der Waals surface area contributed by atoms with Crippen molar-refractivity contribution in [2.24, 2.45) is 5.73 Å². The zero-order valence-corrected chi connectivity index (χ0v) is 7.45. The summed E-state index contributed by atoms with van der Waals surface area (Å²) in [6.45, 7) is 2.49. The average molecular weight is 177 g/mol. The van der Waals surface area contributed by atoms with Gasteiger partial charge in [0.15, 0.2) is 5.58 Å². The fourth-order valence-corrected chi connectivity index (χ4v) is 1.36. The Morgan fingerprint density at radius 3 is 3.15 bits per heavy atom. The van der Waals surface area contributed by atoms with Crippen molar-refractivity contribution in [1.29, 1.82) is 0 Å². The van der Waals surface area contributed by atoms with E-state index in [1.807, 2.05) is 13.0 Å². The first-order chi connectivity index (χ1) is 6.33. The molecule has 2 rings (SSSR count). The summed E-state index contributed by atoms with van der Waals surface area (Å²) in [5, 5.41) is 4.91. The van der Waals surface area contributed by atoms with Crippen LogP contribution in [0, 0.1) is 6.92 Å². The normalized spacial score (nSPS) is 10.9. The van der Waals surface area contributed by atoms with E-state index in [-0.39, 0.29) is 0 Å². The Hall–Kier alpha value is -1.42. The van der Waals surface area contributed by atoms with Crippen molar-refractivity contribution < 1.29 is 4.52 Å². The maximum absolute atomic E-state index is 5.46. The number of aromatic nitrogens is 2. The van der Waals surface area contributed by atoms with Gasteiger partial charge in [-0.1, -0.05) is 5.16 Å². The first-order valence-electron chi connectivity index (χ1n) is 4.23. The number of pyridine rings is 1. The zero-order valence-electron chi connectivity index (χ0n) is 7.45. The van der Waals surface area contributed by atoms with Gasteiger partial charge in [0.05, 0.1) is 11.4 Å². The van der Waals surface area contributed by atoms with Crippen LogP contribution in [0.25, 0.3) is 11.0 Å². The van der Waals surface area contributed by atoms with Gasteiger partial charge in [0.1, 0.15) is 0 Å². The van der Waals surface area contributed by atoms with Gasteiger partial charge in [0.25, 0.3) is 0 Å². The van der Waals surface area contributed by atoms with Crippen LogP contribution in [0.2, 0.25) is 0 Å². The maximum atomic E-state index is 5.46. The monoisotopic (exact) mass is 177 g/mol. The van der Waals surface area contributed by atoms with Crippen LogP contribution in [-0.4, -0.2) is 16.7 Å². The minimum atomic E-state index is 0.575. The molecular weight excluding hydrogens is 166 g/mol. The molecular formula is C9H11N3O. The third kappa shape index (κ3) is 1.29. The molecule has 0 aromatic carbocycles. The Morgan fingerprint density at radius 1 is 1.54 bits per heavy atom. The van der Waals surface area contributed by atoms with E-state index in [0.29, 0.717) is 6.54 Å². The summed E-state index contributed by atoms with van der Waals surface area (Å²) in [6.07, 6.45) is 2.49. The van der Waals surface area contributed by atoms with Crippen molar-refractivity contribution in [3.63, 3.8) is 0 Å². The zero-order chi connectivity index (χ0) is 9.26. The number of hydrogen-bond acceptors (Lipinski definition) is 4. The molecule has 2 aromatic rings. The van der Waals surface area contributed by atoms with Gasteiger partial charge < -0.3 is 10.3 Å². The average Bonchev–Trinajstić information content (AvgIpc) is 2.50. The Bertz CT molecular complexity index is 422. The highest BCUT2D eigenvalue weighted by Gasteiger charge is 2.08. The van der Waals surface area contributed by atoms with E-state index in [9.17, 15) is 0 Å². The highest BCUT2D eigenvalue weighted by atomic mass is 16.5. The quantitative estimate of drug-likeness (QED) is 0.744. The summed E-state index contributed by atoms with van der Waals surface area (Å²) in [5.41, 5.74) is 8.01. The SMILES string of the molecule is Cc1noc2c(CCN)nccc12. The molecule has 0 saturated heterocycles. The second-order valence-corrected chi connectivity index (χ2v) is 2.94. The lowest BCUT2D eigenvalue weighted by atomic mass is 10.2. The molecule has 0 amide bonds. The first-order valence-corrected chi connectivity index (χ1v) is 4.23. The fourth-order valence-electron chi connectivity index (χ4n) is 1.36. The van der Waals surface area contributed by atoms with Crippen molar-refractivity contribution in [3.8, 4) is 0 Å².